The fourth-order valence-corrected chi connectivity index (χ4v) is 2.83. The Hall–Kier alpha value is -2.50. The summed E-state index contributed by atoms with van der Waals surface area (Å²) < 4.78 is 68.3. The van der Waals surface area contributed by atoms with Gasteiger partial charge in [0.05, 0.1) is 5.56 Å². The summed E-state index contributed by atoms with van der Waals surface area (Å²) in [6, 6.07) is 4.30. The van der Waals surface area contributed by atoms with Gasteiger partial charge < -0.3 is 13.7 Å². The minimum atomic E-state index is -4.79. The lowest BCUT2D eigenvalue weighted by molar-refractivity contribution is 0.387. The molecule has 0 bridgehead atoms. The molecule has 0 aliphatic carbocycles. The molecular weight excluding hydrogens is 440 g/mol. The summed E-state index contributed by atoms with van der Waals surface area (Å²) in [4.78, 5) is 3.97. The maximum Gasteiger partial charge on any atom is 0.446 e. The Bertz CT molecular complexity index is 1160. The summed E-state index contributed by atoms with van der Waals surface area (Å²) in [5.74, 6) is -4.33. The molecule has 3 aromatic rings. The minimum Gasteiger partial charge on any atom is -0.505 e. The smallest absolute Gasteiger partial charge is 0.446 e. The molecule has 11 heteroatoms. The number of oxazole rings is 1. The first-order chi connectivity index (χ1) is 12.1. The number of phenols is 1. The van der Waals surface area contributed by atoms with Gasteiger partial charge in [0.15, 0.2) is 17.1 Å². The summed E-state index contributed by atoms with van der Waals surface area (Å²) >= 11 is 3.10. The molecule has 0 unspecified atom stereocenters. The van der Waals surface area contributed by atoms with Crippen molar-refractivity contribution < 1.29 is 35.5 Å². The summed E-state index contributed by atoms with van der Waals surface area (Å²) in [5.41, 5.74) is -0.0403. The lowest BCUT2D eigenvalue weighted by atomic mass is 10.2. The van der Waals surface area contributed by atoms with E-state index in [-0.39, 0.29) is 38.3 Å². The van der Waals surface area contributed by atoms with Crippen molar-refractivity contribution in [2.45, 2.75) is 0 Å². The van der Waals surface area contributed by atoms with Crippen LogP contribution in [0.3, 0.4) is 0 Å². The molecule has 0 radical (unpaired) electrons. The molecular formula is C15H8BrF2NO6S. The number of aromatic nitrogens is 1. The highest BCUT2D eigenvalue weighted by atomic mass is 79.9. The second kappa shape index (κ2) is 6.34. The van der Waals surface area contributed by atoms with Crippen molar-refractivity contribution in [3.8, 4) is 23.0 Å². The zero-order valence-electron chi connectivity index (χ0n) is 12.5. The minimum absolute atomic E-state index is 0.0321. The number of aromatic hydroxyl groups is 1. The average molecular weight is 448 g/mol. The van der Waals surface area contributed by atoms with Gasteiger partial charge in [0.1, 0.15) is 11.3 Å². The molecule has 0 atom stereocenters. The van der Waals surface area contributed by atoms with E-state index in [9.17, 15) is 22.3 Å². The van der Waals surface area contributed by atoms with Crippen LogP contribution in [0.2, 0.25) is 0 Å². The Labute approximate surface area is 153 Å². The van der Waals surface area contributed by atoms with Crippen molar-refractivity contribution in [1.82, 2.24) is 4.98 Å². The van der Waals surface area contributed by atoms with Crippen LogP contribution in [0, 0.1) is 11.6 Å². The normalized spacial score (nSPS) is 11.7. The standard InChI is InChI=1S/C15H8BrF2NO6S/c1-6(16)9-4-7(25-26(21,22)23)5-10-14(9)24-15(19-10)8-2-3-11(20)13(18)12(8)17/h2-5,20H,1H2,(H,21,22,23). The Morgan fingerprint density at radius 2 is 1.96 bits per heavy atom. The first-order valence-electron chi connectivity index (χ1n) is 6.70. The van der Waals surface area contributed by atoms with Gasteiger partial charge >= 0.3 is 10.4 Å². The molecule has 3 rings (SSSR count). The summed E-state index contributed by atoms with van der Waals surface area (Å²) in [7, 11) is -4.79. The second-order valence-corrected chi connectivity index (χ2v) is 6.99. The number of fused-ring (bicyclic) bond motifs is 1. The van der Waals surface area contributed by atoms with E-state index in [1.807, 2.05) is 0 Å². The van der Waals surface area contributed by atoms with Crippen molar-refractivity contribution in [2.24, 2.45) is 0 Å². The maximum absolute atomic E-state index is 14.0. The topological polar surface area (TPSA) is 110 Å². The van der Waals surface area contributed by atoms with Crippen molar-refractivity contribution in [1.29, 1.82) is 0 Å². The van der Waals surface area contributed by atoms with E-state index in [0.29, 0.717) is 0 Å². The third-order valence-electron chi connectivity index (χ3n) is 3.25. The van der Waals surface area contributed by atoms with Gasteiger partial charge in [0.25, 0.3) is 0 Å². The molecule has 2 N–H and O–H groups in total. The molecule has 0 saturated carbocycles. The highest BCUT2D eigenvalue weighted by Crippen LogP contribution is 2.36. The highest BCUT2D eigenvalue weighted by Gasteiger charge is 2.21. The number of nitrogens with zero attached hydrogens (tertiary/aromatic N) is 1. The number of hydrogen-bond acceptors (Lipinski definition) is 6. The summed E-state index contributed by atoms with van der Waals surface area (Å²) in [6.45, 7) is 3.63. The summed E-state index contributed by atoms with van der Waals surface area (Å²) in [5, 5.41) is 9.19. The van der Waals surface area contributed by atoms with Crippen molar-refractivity contribution in [3.63, 3.8) is 0 Å². The third-order valence-corrected chi connectivity index (χ3v) is 4.08. The van der Waals surface area contributed by atoms with Gasteiger partial charge in [0.2, 0.25) is 11.7 Å². The predicted octanol–water partition coefficient (Wildman–Crippen LogP) is 4.03. The predicted molar refractivity (Wildman–Crippen MR) is 91.2 cm³/mol. The zero-order chi connectivity index (χ0) is 19.2. The number of phenolic OH excluding ortho intramolecular Hbond substituents is 1. The van der Waals surface area contributed by atoms with Crippen LogP contribution in [0.1, 0.15) is 5.56 Å². The number of benzene rings is 2. The van der Waals surface area contributed by atoms with Crippen LogP contribution in [-0.2, 0) is 10.4 Å². The quantitative estimate of drug-likeness (QED) is 0.580. The van der Waals surface area contributed by atoms with E-state index in [2.05, 4.69) is 31.7 Å². The van der Waals surface area contributed by atoms with Gasteiger partial charge in [-0.15, -0.1) is 0 Å². The molecule has 26 heavy (non-hydrogen) atoms. The molecule has 0 aliphatic heterocycles. The van der Waals surface area contributed by atoms with E-state index in [0.717, 1.165) is 18.2 Å². The number of halogens is 3. The number of hydrogen-bond donors (Lipinski definition) is 2. The molecule has 0 amide bonds. The molecule has 136 valence electrons. The van der Waals surface area contributed by atoms with E-state index >= 15 is 0 Å². The lowest BCUT2D eigenvalue weighted by Gasteiger charge is -2.04. The SMILES string of the molecule is C=C(Br)c1cc(OS(=O)(=O)O)cc2nc(-c3ccc(O)c(F)c3F)oc12. The molecule has 1 aromatic heterocycles. The second-order valence-electron chi connectivity index (χ2n) is 5.01. The van der Waals surface area contributed by atoms with E-state index < -0.39 is 27.8 Å². The van der Waals surface area contributed by atoms with Crippen LogP contribution in [0.15, 0.2) is 35.3 Å². The summed E-state index contributed by atoms with van der Waals surface area (Å²) in [6.07, 6.45) is 0. The van der Waals surface area contributed by atoms with Crippen molar-refractivity contribution in [2.75, 3.05) is 0 Å². The molecule has 2 aromatic carbocycles. The van der Waals surface area contributed by atoms with Crippen LogP contribution < -0.4 is 4.18 Å². The van der Waals surface area contributed by atoms with E-state index in [1.54, 1.807) is 0 Å². The monoisotopic (exact) mass is 447 g/mol. The van der Waals surface area contributed by atoms with Gasteiger partial charge in [-0.1, -0.05) is 22.5 Å². The molecule has 0 saturated heterocycles. The van der Waals surface area contributed by atoms with E-state index in [1.165, 1.54) is 6.07 Å². The van der Waals surface area contributed by atoms with Crippen LogP contribution in [0.25, 0.3) is 27.0 Å². The third kappa shape index (κ3) is 3.41. The van der Waals surface area contributed by atoms with Gasteiger partial charge in [-0.2, -0.15) is 12.8 Å². The Morgan fingerprint density at radius 1 is 1.27 bits per heavy atom. The largest absolute Gasteiger partial charge is 0.505 e. The van der Waals surface area contributed by atoms with Gasteiger partial charge in [-0.05, 0) is 18.2 Å². The Kier molecular flexibility index (Phi) is 4.46. The molecule has 1 heterocycles. The van der Waals surface area contributed by atoms with Crippen LogP contribution in [0.5, 0.6) is 11.5 Å². The number of rotatable bonds is 4. The fraction of sp³-hybridized carbons (Fsp3) is 0. The van der Waals surface area contributed by atoms with Crippen molar-refractivity contribution in [3.05, 3.63) is 48.0 Å². The lowest BCUT2D eigenvalue weighted by Crippen LogP contribution is -2.06. The molecule has 0 fully saturated rings. The van der Waals surface area contributed by atoms with Crippen molar-refractivity contribution >= 4 is 41.9 Å². The molecule has 7 nitrogen and oxygen atoms in total. The van der Waals surface area contributed by atoms with Gasteiger partial charge in [0, 0.05) is 16.1 Å². The van der Waals surface area contributed by atoms with Gasteiger partial charge in [-0.3, -0.25) is 4.55 Å². The Morgan fingerprint density at radius 3 is 2.58 bits per heavy atom. The van der Waals surface area contributed by atoms with E-state index in [4.69, 9.17) is 8.97 Å². The van der Waals surface area contributed by atoms with Crippen LogP contribution in [0.4, 0.5) is 8.78 Å². The first kappa shape index (κ1) is 18.3. The average Bonchev–Trinajstić information content (AvgIpc) is 2.93. The first-order valence-corrected chi connectivity index (χ1v) is 8.86. The van der Waals surface area contributed by atoms with Gasteiger partial charge in [-0.25, -0.2) is 9.37 Å². The fourth-order valence-electron chi connectivity index (χ4n) is 2.20. The molecule has 0 aliphatic rings. The van der Waals surface area contributed by atoms with Crippen LogP contribution >= 0.6 is 15.9 Å². The zero-order valence-corrected chi connectivity index (χ0v) is 14.9. The molecule has 0 spiro atoms. The highest BCUT2D eigenvalue weighted by molar-refractivity contribution is 9.15. The maximum atomic E-state index is 14.0. The Balaban J connectivity index is 2.24. The van der Waals surface area contributed by atoms with Crippen LogP contribution in [-0.4, -0.2) is 23.1 Å².